The van der Waals surface area contributed by atoms with E-state index in [1.54, 1.807) is 6.07 Å². The fourth-order valence-corrected chi connectivity index (χ4v) is 3.53. The van der Waals surface area contributed by atoms with Crippen LogP contribution in [0.1, 0.15) is 17.5 Å². The van der Waals surface area contributed by atoms with Gasteiger partial charge < -0.3 is 15.7 Å². The van der Waals surface area contributed by atoms with E-state index in [9.17, 15) is 9.50 Å². The molecule has 3 heterocycles. The van der Waals surface area contributed by atoms with Gasteiger partial charge in [0.25, 0.3) is 0 Å². The van der Waals surface area contributed by atoms with Crippen molar-refractivity contribution in [2.24, 2.45) is 0 Å². The van der Waals surface area contributed by atoms with Crippen LogP contribution < -0.4 is 10.6 Å². The maximum Gasteiger partial charge on any atom is 0.134 e. The molecule has 0 amide bonds. The molecule has 1 aliphatic heterocycles. The van der Waals surface area contributed by atoms with Crippen LogP contribution in [0.5, 0.6) is 5.75 Å². The van der Waals surface area contributed by atoms with Crippen molar-refractivity contribution < 1.29 is 9.50 Å². The molecule has 0 bridgehead atoms. The van der Waals surface area contributed by atoms with Crippen molar-refractivity contribution in [1.29, 1.82) is 0 Å². The molecule has 1 fully saturated rings. The molecule has 7 heteroatoms. The van der Waals surface area contributed by atoms with Gasteiger partial charge in [0.05, 0.1) is 12.2 Å². The average molecular weight is 353 g/mol. The van der Waals surface area contributed by atoms with Crippen molar-refractivity contribution >= 4 is 22.5 Å². The number of alkyl halides is 1. The summed E-state index contributed by atoms with van der Waals surface area (Å²) in [5, 5.41) is 10.9. The number of pyridine rings is 1. The minimum Gasteiger partial charge on any atom is -0.508 e. The molecule has 3 N–H and O–H groups in total. The second kappa shape index (κ2) is 6.09. The predicted molar refractivity (Wildman–Crippen MR) is 100 cm³/mol. The second-order valence-corrected chi connectivity index (χ2v) is 6.72. The van der Waals surface area contributed by atoms with E-state index in [1.807, 2.05) is 30.9 Å². The topological polar surface area (TPSA) is 88.2 Å². The molecule has 0 spiro atoms. The van der Waals surface area contributed by atoms with Crippen molar-refractivity contribution in [3.05, 3.63) is 35.7 Å². The van der Waals surface area contributed by atoms with Crippen LogP contribution in [0, 0.1) is 13.8 Å². The first-order valence-electron chi connectivity index (χ1n) is 8.55. The summed E-state index contributed by atoms with van der Waals surface area (Å²) in [6, 6.07) is 5.33. The number of nitrogens with two attached hydrogens (primary N) is 1. The molecule has 1 unspecified atom stereocenters. The summed E-state index contributed by atoms with van der Waals surface area (Å²) in [5.74, 6) is 1.20. The second-order valence-electron chi connectivity index (χ2n) is 6.72. The minimum atomic E-state index is -0.857. The Morgan fingerprint density at radius 1 is 1.27 bits per heavy atom. The summed E-state index contributed by atoms with van der Waals surface area (Å²) >= 11 is 0. The SMILES string of the molecule is Cc1ccc(O)c(C)c1-c1nc(N2CCC(F)C2)cc2c(N)ncnc12. The van der Waals surface area contributed by atoms with E-state index >= 15 is 0 Å². The van der Waals surface area contributed by atoms with Gasteiger partial charge in [-0.1, -0.05) is 6.07 Å². The number of hydrogen-bond donors (Lipinski definition) is 2. The summed E-state index contributed by atoms with van der Waals surface area (Å²) in [6.07, 6.45) is 1.04. The van der Waals surface area contributed by atoms with Gasteiger partial charge in [-0.2, -0.15) is 0 Å². The van der Waals surface area contributed by atoms with Gasteiger partial charge in [-0.25, -0.2) is 19.3 Å². The number of nitrogens with zero attached hydrogens (tertiary/aromatic N) is 4. The third-order valence-electron chi connectivity index (χ3n) is 4.98. The summed E-state index contributed by atoms with van der Waals surface area (Å²) in [7, 11) is 0. The molecule has 4 rings (SSSR count). The van der Waals surface area contributed by atoms with Gasteiger partial charge in [0, 0.05) is 23.1 Å². The number of aromatic hydroxyl groups is 1. The molecule has 1 aromatic carbocycles. The maximum atomic E-state index is 13.7. The Bertz CT molecular complexity index is 1010. The molecule has 0 aliphatic carbocycles. The third-order valence-corrected chi connectivity index (χ3v) is 4.98. The molecule has 1 atom stereocenters. The average Bonchev–Trinajstić information content (AvgIpc) is 3.05. The number of benzene rings is 1. The van der Waals surface area contributed by atoms with Crippen LogP contribution in [-0.4, -0.2) is 39.3 Å². The van der Waals surface area contributed by atoms with Crippen LogP contribution in [0.3, 0.4) is 0 Å². The highest BCUT2D eigenvalue weighted by Crippen LogP contribution is 2.37. The quantitative estimate of drug-likeness (QED) is 0.736. The van der Waals surface area contributed by atoms with Gasteiger partial charge in [-0.15, -0.1) is 0 Å². The maximum absolute atomic E-state index is 13.7. The first-order valence-corrected chi connectivity index (χ1v) is 8.55. The van der Waals surface area contributed by atoms with Gasteiger partial charge in [0.15, 0.2) is 0 Å². The van der Waals surface area contributed by atoms with Crippen molar-refractivity contribution in [1.82, 2.24) is 15.0 Å². The molecule has 0 radical (unpaired) electrons. The van der Waals surface area contributed by atoms with Crippen LogP contribution in [0.15, 0.2) is 24.5 Å². The zero-order chi connectivity index (χ0) is 18.4. The smallest absolute Gasteiger partial charge is 0.134 e. The van der Waals surface area contributed by atoms with E-state index in [2.05, 4.69) is 9.97 Å². The van der Waals surface area contributed by atoms with E-state index < -0.39 is 6.17 Å². The number of phenolic OH excluding ortho intramolecular Hbond substituents is 1. The first-order chi connectivity index (χ1) is 12.5. The zero-order valence-corrected chi connectivity index (χ0v) is 14.7. The monoisotopic (exact) mass is 353 g/mol. The lowest BCUT2D eigenvalue weighted by Crippen LogP contribution is -2.21. The first kappa shape index (κ1) is 16.5. The highest BCUT2D eigenvalue weighted by Gasteiger charge is 2.25. The molecule has 1 saturated heterocycles. The minimum absolute atomic E-state index is 0.193. The normalized spacial score (nSPS) is 17.2. The molecular weight excluding hydrogens is 333 g/mol. The van der Waals surface area contributed by atoms with Gasteiger partial charge >= 0.3 is 0 Å². The molecule has 6 nitrogen and oxygen atoms in total. The number of phenols is 1. The number of hydrogen-bond acceptors (Lipinski definition) is 6. The van der Waals surface area contributed by atoms with E-state index in [0.717, 1.165) is 16.7 Å². The van der Waals surface area contributed by atoms with Crippen LogP contribution in [-0.2, 0) is 0 Å². The van der Waals surface area contributed by atoms with Gasteiger partial charge in [-0.05, 0) is 38.0 Å². The van der Waals surface area contributed by atoms with E-state index in [-0.39, 0.29) is 5.75 Å². The van der Waals surface area contributed by atoms with E-state index in [1.165, 1.54) is 6.33 Å². The van der Waals surface area contributed by atoms with Crippen molar-refractivity contribution in [2.75, 3.05) is 23.7 Å². The fourth-order valence-electron chi connectivity index (χ4n) is 3.53. The van der Waals surface area contributed by atoms with Crippen LogP contribution in [0.2, 0.25) is 0 Å². The lowest BCUT2D eigenvalue weighted by Gasteiger charge is -2.20. The number of anilines is 2. The Labute approximate surface area is 150 Å². The Morgan fingerprint density at radius 3 is 2.81 bits per heavy atom. The van der Waals surface area contributed by atoms with Crippen molar-refractivity contribution in [3.8, 4) is 17.0 Å². The Balaban J connectivity index is 2.02. The predicted octanol–water partition coefficient (Wildman–Crippen LogP) is 3.14. The standard InChI is InChI=1S/C19H20FN5O/c1-10-3-4-14(26)11(2)16(10)18-17-13(19(21)23-9-22-17)7-15(24-18)25-6-5-12(20)8-25/h3-4,7,9,12,26H,5-6,8H2,1-2H3,(H2,21,22,23). The van der Waals surface area contributed by atoms with E-state index in [4.69, 9.17) is 10.7 Å². The molecule has 1 aliphatic rings. The largest absolute Gasteiger partial charge is 0.508 e. The number of aryl methyl sites for hydroxylation is 1. The Kier molecular flexibility index (Phi) is 3.86. The van der Waals surface area contributed by atoms with Crippen LogP contribution >= 0.6 is 0 Å². The van der Waals surface area contributed by atoms with Crippen molar-refractivity contribution in [2.45, 2.75) is 26.4 Å². The van der Waals surface area contributed by atoms with E-state index in [0.29, 0.717) is 47.7 Å². The molecular formula is C19H20FN5O. The summed E-state index contributed by atoms with van der Waals surface area (Å²) in [5.41, 5.74) is 9.82. The zero-order valence-electron chi connectivity index (χ0n) is 14.7. The number of nitrogen functional groups attached to an aromatic ring is 1. The number of halogens is 1. The van der Waals surface area contributed by atoms with Crippen LogP contribution in [0.4, 0.5) is 16.0 Å². The number of rotatable bonds is 2. The summed E-state index contributed by atoms with van der Waals surface area (Å²) < 4.78 is 13.7. The molecule has 26 heavy (non-hydrogen) atoms. The lowest BCUT2D eigenvalue weighted by molar-refractivity contribution is 0.364. The highest BCUT2D eigenvalue weighted by molar-refractivity contribution is 5.99. The molecule has 0 saturated carbocycles. The molecule has 2 aromatic heterocycles. The third kappa shape index (κ3) is 2.60. The molecule has 134 valence electrons. The lowest BCUT2D eigenvalue weighted by atomic mass is 9.97. The van der Waals surface area contributed by atoms with Gasteiger partial charge in [0.2, 0.25) is 0 Å². The highest BCUT2D eigenvalue weighted by atomic mass is 19.1. The molecule has 3 aromatic rings. The van der Waals surface area contributed by atoms with Crippen molar-refractivity contribution in [3.63, 3.8) is 0 Å². The van der Waals surface area contributed by atoms with Crippen LogP contribution in [0.25, 0.3) is 22.2 Å². The van der Waals surface area contributed by atoms with Gasteiger partial charge in [-0.3, -0.25) is 0 Å². The Morgan fingerprint density at radius 2 is 2.08 bits per heavy atom. The summed E-state index contributed by atoms with van der Waals surface area (Å²) in [4.78, 5) is 15.2. The van der Waals surface area contributed by atoms with Gasteiger partial charge in [0.1, 0.15) is 35.4 Å². The number of aromatic nitrogens is 3. The fraction of sp³-hybridized carbons (Fsp3) is 0.316. The Hall–Kier alpha value is -2.96. The summed E-state index contributed by atoms with van der Waals surface area (Å²) in [6.45, 7) is 4.71. The number of fused-ring (bicyclic) bond motifs is 1.